The summed E-state index contributed by atoms with van der Waals surface area (Å²) in [6, 6.07) is 0. The summed E-state index contributed by atoms with van der Waals surface area (Å²) < 4.78 is 12.8. The van der Waals surface area contributed by atoms with E-state index in [0.29, 0.717) is 22.2 Å². The molecule has 5 aliphatic carbocycles. The number of hydrogen-bond donors (Lipinski definition) is 1. The van der Waals surface area contributed by atoms with Gasteiger partial charge in [-0.2, -0.15) is 12.6 Å². The lowest BCUT2D eigenvalue weighted by Gasteiger charge is -2.61. The number of hydrogen-bond acceptors (Lipinski definition) is 3. The Morgan fingerprint density at radius 3 is 2.25 bits per heavy atom. The topological polar surface area (TPSA) is 18.5 Å². The van der Waals surface area contributed by atoms with E-state index in [2.05, 4.69) is 13.8 Å². The van der Waals surface area contributed by atoms with Gasteiger partial charge in [0, 0.05) is 25.2 Å². The molecule has 0 aromatic heterocycles. The molecule has 0 heterocycles. The molecule has 0 aromatic rings. The standard InChI is InChI=1S/C25H42O2S/c1-23-14-10-18(28)16-17(23)6-7-19-20-8-9-22(24(20,2)15-11-21(19)23)27-25(26-3)12-4-5-13-25/h17-22,28H,4-16H2,1-3H3/t17-,18+,19-,20-,21-,22-,23-,24-/m0/s1. The Hall–Kier alpha value is 0.270. The highest BCUT2D eigenvalue weighted by atomic mass is 32.1. The fourth-order valence-corrected chi connectivity index (χ4v) is 9.31. The fourth-order valence-electron chi connectivity index (χ4n) is 8.92. The zero-order chi connectivity index (χ0) is 19.6. The maximum absolute atomic E-state index is 6.87. The lowest BCUT2D eigenvalue weighted by molar-refractivity contribution is -0.264. The van der Waals surface area contributed by atoms with Crippen LogP contribution in [0.2, 0.25) is 0 Å². The molecule has 5 aliphatic rings. The van der Waals surface area contributed by atoms with Crippen molar-refractivity contribution in [2.45, 2.75) is 114 Å². The number of rotatable bonds is 3. The Morgan fingerprint density at radius 2 is 1.50 bits per heavy atom. The van der Waals surface area contributed by atoms with Gasteiger partial charge in [-0.05, 0) is 105 Å². The lowest BCUT2D eigenvalue weighted by atomic mass is 9.45. The molecule has 8 atom stereocenters. The van der Waals surface area contributed by atoms with E-state index in [0.717, 1.165) is 36.5 Å². The van der Waals surface area contributed by atoms with Crippen molar-refractivity contribution in [3.05, 3.63) is 0 Å². The van der Waals surface area contributed by atoms with Gasteiger partial charge in [0.2, 0.25) is 0 Å². The second kappa shape index (κ2) is 7.16. The molecule has 0 aromatic carbocycles. The van der Waals surface area contributed by atoms with Gasteiger partial charge in [0.15, 0.2) is 5.79 Å². The fraction of sp³-hybridized carbons (Fsp3) is 1.00. The van der Waals surface area contributed by atoms with Crippen LogP contribution in [0.3, 0.4) is 0 Å². The minimum atomic E-state index is -0.270. The summed E-state index contributed by atoms with van der Waals surface area (Å²) in [7, 11) is 1.87. The normalized spacial score (nSPS) is 52.7. The van der Waals surface area contributed by atoms with Gasteiger partial charge in [0.05, 0.1) is 6.10 Å². The highest BCUT2D eigenvalue weighted by Gasteiger charge is 2.61. The van der Waals surface area contributed by atoms with Crippen molar-refractivity contribution in [1.82, 2.24) is 0 Å². The van der Waals surface area contributed by atoms with Crippen LogP contribution in [0, 0.1) is 34.5 Å². The third kappa shape index (κ3) is 2.96. The SMILES string of the molecule is COC1(O[C@H]2CC[C@H]3[C@@H]4CC[C@H]5C[C@H](S)CC[C@]5(C)[C@H]4CC[C@]23C)CCCC1. The van der Waals surface area contributed by atoms with Crippen molar-refractivity contribution in [1.29, 1.82) is 0 Å². The van der Waals surface area contributed by atoms with E-state index in [1.165, 1.54) is 70.6 Å². The van der Waals surface area contributed by atoms with Gasteiger partial charge in [-0.25, -0.2) is 0 Å². The maximum atomic E-state index is 6.87. The Balaban J connectivity index is 1.35. The second-order valence-corrected chi connectivity index (χ2v) is 12.4. The molecule has 5 rings (SSSR count). The number of thiol groups is 1. The molecule has 3 heteroatoms. The van der Waals surface area contributed by atoms with Gasteiger partial charge in [-0.3, -0.25) is 0 Å². The van der Waals surface area contributed by atoms with Gasteiger partial charge in [0.1, 0.15) is 0 Å². The first-order valence-corrected chi connectivity index (χ1v) is 12.8. The minimum absolute atomic E-state index is 0.270. The average Bonchev–Trinajstić information content (AvgIpc) is 3.28. The highest BCUT2D eigenvalue weighted by molar-refractivity contribution is 7.80. The van der Waals surface area contributed by atoms with E-state index in [1.807, 2.05) is 7.11 Å². The van der Waals surface area contributed by atoms with E-state index >= 15 is 0 Å². The summed E-state index contributed by atoms with van der Waals surface area (Å²) >= 11 is 4.86. The van der Waals surface area contributed by atoms with Crippen LogP contribution in [0.25, 0.3) is 0 Å². The van der Waals surface area contributed by atoms with Crippen LogP contribution in [-0.2, 0) is 9.47 Å². The van der Waals surface area contributed by atoms with Gasteiger partial charge < -0.3 is 9.47 Å². The summed E-state index contributed by atoms with van der Waals surface area (Å²) in [5, 5.41) is 0.657. The van der Waals surface area contributed by atoms with E-state index in [4.69, 9.17) is 22.1 Å². The van der Waals surface area contributed by atoms with Gasteiger partial charge >= 0.3 is 0 Å². The van der Waals surface area contributed by atoms with Crippen molar-refractivity contribution in [3.8, 4) is 0 Å². The summed E-state index contributed by atoms with van der Waals surface area (Å²) in [4.78, 5) is 0. The molecule has 0 aliphatic heterocycles. The number of ether oxygens (including phenoxy) is 2. The molecular weight excluding hydrogens is 364 g/mol. The first-order valence-electron chi connectivity index (χ1n) is 12.3. The third-order valence-electron chi connectivity index (χ3n) is 10.6. The third-order valence-corrected chi connectivity index (χ3v) is 11.1. The monoisotopic (exact) mass is 406 g/mol. The quantitative estimate of drug-likeness (QED) is 0.419. The van der Waals surface area contributed by atoms with Crippen LogP contribution in [0.5, 0.6) is 0 Å². The molecule has 5 saturated carbocycles. The molecule has 0 amide bonds. The molecule has 0 radical (unpaired) electrons. The van der Waals surface area contributed by atoms with E-state index in [9.17, 15) is 0 Å². The van der Waals surface area contributed by atoms with Crippen LogP contribution >= 0.6 is 12.6 Å². The predicted octanol–water partition coefficient (Wildman–Crippen LogP) is 6.63. The molecule has 5 fully saturated rings. The Bertz CT molecular complexity index is 587. The van der Waals surface area contributed by atoms with Crippen molar-refractivity contribution < 1.29 is 9.47 Å². The largest absolute Gasteiger partial charge is 0.353 e. The van der Waals surface area contributed by atoms with Crippen LogP contribution in [0.1, 0.15) is 97.3 Å². The average molecular weight is 407 g/mol. The summed E-state index contributed by atoms with van der Waals surface area (Å²) in [6.07, 6.45) is 17.6. The first-order chi connectivity index (χ1) is 13.4. The van der Waals surface area contributed by atoms with Crippen LogP contribution < -0.4 is 0 Å². The molecule has 2 nitrogen and oxygen atoms in total. The van der Waals surface area contributed by atoms with Gasteiger partial charge in [0.25, 0.3) is 0 Å². The molecule has 0 spiro atoms. The predicted molar refractivity (Wildman–Crippen MR) is 118 cm³/mol. The molecular formula is C25H42O2S. The Morgan fingerprint density at radius 1 is 0.786 bits per heavy atom. The van der Waals surface area contributed by atoms with Crippen molar-refractivity contribution in [3.63, 3.8) is 0 Å². The van der Waals surface area contributed by atoms with Crippen molar-refractivity contribution in [2.75, 3.05) is 7.11 Å². The highest BCUT2D eigenvalue weighted by Crippen LogP contribution is 2.67. The minimum Gasteiger partial charge on any atom is -0.353 e. The van der Waals surface area contributed by atoms with E-state index in [1.54, 1.807) is 0 Å². The smallest absolute Gasteiger partial charge is 0.168 e. The molecule has 0 N–H and O–H groups in total. The molecule has 0 unspecified atom stereocenters. The Labute approximate surface area is 178 Å². The van der Waals surface area contributed by atoms with Crippen LogP contribution in [0.4, 0.5) is 0 Å². The summed E-state index contributed by atoms with van der Waals surface area (Å²) in [6.45, 7) is 5.25. The first kappa shape index (κ1) is 20.2. The maximum Gasteiger partial charge on any atom is 0.168 e. The molecule has 28 heavy (non-hydrogen) atoms. The lowest BCUT2D eigenvalue weighted by Crippen LogP contribution is -2.55. The zero-order valence-corrected chi connectivity index (χ0v) is 19.3. The van der Waals surface area contributed by atoms with Crippen molar-refractivity contribution >= 4 is 12.6 Å². The molecule has 0 bridgehead atoms. The van der Waals surface area contributed by atoms with Crippen LogP contribution in [0.15, 0.2) is 0 Å². The molecule has 0 saturated heterocycles. The zero-order valence-electron chi connectivity index (χ0n) is 18.4. The van der Waals surface area contributed by atoms with Gasteiger partial charge in [-0.15, -0.1) is 0 Å². The Kier molecular flexibility index (Phi) is 5.16. The van der Waals surface area contributed by atoms with Gasteiger partial charge in [-0.1, -0.05) is 13.8 Å². The number of methoxy groups -OCH3 is 1. The summed E-state index contributed by atoms with van der Waals surface area (Å²) in [5.74, 6) is 3.42. The van der Waals surface area contributed by atoms with Crippen LogP contribution in [-0.4, -0.2) is 24.3 Å². The number of fused-ring (bicyclic) bond motifs is 5. The van der Waals surface area contributed by atoms with E-state index in [-0.39, 0.29) is 5.79 Å². The molecule has 160 valence electrons. The van der Waals surface area contributed by atoms with E-state index < -0.39 is 0 Å². The second-order valence-electron chi connectivity index (χ2n) is 11.6. The summed E-state index contributed by atoms with van der Waals surface area (Å²) in [5.41, 5.74) is 0.959. The van der Waals surface area contributed by atoms with Crippen molar-refractivity contribution in [2.24, 2.45) is 34.5 Å².